The van der Waals surface area contributed by atoms with Crippen molar-refractivity contribution in [3.63, 3.8) is 0 Å². The molecule has 0 aromatic heterocycles. The molecule has 1 aliphatic rings. The number of ether oxygens (including phenoxy) is 1. The molecule has 1 atom stereocenters. The Morgan fingerprint density at radius 2 is 2.07 bits per heavy atom. The molecule has 1 aromatic rings. The molecule has 0 spiro atoms. The van der Waals surface area contributed by atoms with Gasteiger partial charge in [0.1, 0.15) is 6.10 Å². The van der Waals surface area contributed by atoms with Crippen molar-refractivity contribution >= 4 is 11.6 Å². The van der Waals surface area contributed by atoms with Crippen LogP contribution >= 0.6 is 11.6 Å². The van der Waals surface area contributed by atoms with Gasteiger partial charge in [-0.15, -0.1) is 0 Å². The maximum atomic E-state index is 5.77. The van der Waals surface area contributed by atoms with Crippen LogP contribution in [0.3, 0.4) is 0 Å². The average Bonchev–Trinajstić information content (AvgIpc) is 2.70. The lowest BCUT2D eigenvalue weighted by atomic mass is 10.2. The van der Waals surface area contributed by atoms with Gasteiger partial charge in [-0.05, 0) is 37.1 Å². The molecule has 0 N–H and O–H groups in total. The number of benzene rings is 1. The zero-order valence-corrected chi connectivity index (χ0v) is 8.55. The first kappa shape index (κ1) is 9.58. The quantitative estimate of drug-likeness (QED) is 0.594. The van der Waals surface area contributed by atoms with Crippen LogP contribution in [0.4, 0.5) is 0 Å². The van der Waals surface area contributed by atoms with Crippen LogP contribution in [0.25, 0.3) is 0 Å². The summed E-state index contributed by atoms with van der Waals surface area (Å²) in [6.45, 7) is 0.847. The van der Waals surface area contributed by atoms with Crippen LogP contribution in [-0.2, 0) is 4.74 Å². The molecule has 1 aliphatic heterocycles. The predicted octanol–water partition coefficient (Wildman–Crippen LogP) is 2.87. The molecule has 2 rings (SSSR count). The Hall–Kier alpha value is -0.970. The molecule has 72 valence electrons. The normalized spacial score (nSPS) is 20.2. The van der Waals surface area contributed by atoms with Gasteiger partial charge in [0.2, 0.25) is 0 Å². The highest BCUT2D eigenvalue weighted by Crippen LogP contribution is 2.12. The number of halogens is 1. The van der Waals surface area contributed by atoms with E-state index in [1.165, 1.54) is 0 Å². The van der Waals surface area contributed by atoms with E-state index >= 15 is 0 Å². The van der Waals surface area contributed by atoms with Crippen molar-refractivity contribution in [2.24, 2.45) is 0 Å². The molecule has 1 fully saturated rings. The van der Waals surface area contributed by atoms with Crippen LogP contribution in [0.15, 0.2) is 24.3 Å². The minimum absolute atomic E-state index is 0.130. The van der Waals surface area contributed by atoms with E-state index in [9.17, 15) is 0 Å². The van der Waals surface area contributed by atoms with Gasteiger partial charge in [-0.1, -0.05) is 23.4 Å². The molecule has 14 heavy (non-hydrogen) atoms. The highest BCUT2D eigenvalue weighted by atomic mass is 35.5. The van der Waals surface area contributed by atoms with Crippen LogP contribution in [0.5, 0.6) is 0 Å². The van der Waals surface area contributed by atoms with Crippen molar-refractivity contribution in [2.75, 3.05) is 6.61 Å². The van der Waals surface area contributed by atoms with Gasteiger partial charge in [0, 0.05) is 17.2 Å². The summed E-state index contributed by atoms with van der Waals surface area (Å²) in [7, 11) is 0. The van der Waals surface area contributed by atoms with E-state index in [0.717, 1.165) is 30.0 Å². The molecule has 1 aromatic carbocycles. The summed E-state index contributed by atoms with van der Waals surface area (Å²) >= 11 is 5.77. The summed E-state index contributed by atoms with van der Waals surface area (Å²) in [6, 6.07) is 7.54. The van der Waals surface area contributed by atoms with E-state index in [-0.39, 0.29) is 6.10 Å². The van der Waals surface area contributed by atoms with Crippen LogP contribution in [0.2, 0.25) is 5.02 Å². The Kier molecular flexibility index (Phi) is 3.08. The maximum Gasteiger partial charge on any atom is 0.118 e. The summed E-state index contributed by atoms with van der Waals surface area (Å²) in [5, 5.41) is 0.743. The minimum atomic E-state index is 0.130. The van der Waals surface area contributed by atoms with E-state index in [2.05, 4.69) is 11.8 Å². The molecular weight excluding hydrogens is 196 g/mol. The number of rotatable bonds is 0. The third-order valence-electron chi connectivity index (χ3n) is 2.15. The second-order valence-electron chi connectivity index (χ2n) is 3.28. The second kappa shape index (κ2) is 4.50. The van der Waals surface area contributed by atoms with Crippen molar-refractivity contribution in [2.45, 2.75) is 18.9 Å². The monoisotopic (exact) mass is 206 g/mol. The average molecular weight is 207 g/mol. The van der Waals surface area contributed by atoms with Gasteiger partial charge in [0.15, 0.2) is 0 Å². The van der Waals surface area contributed by atoms with Crippen molar-refractivity contribution in [3.8, 4) is 11.8 Å². The van der Waals surface area contributed by atoms with Crippen molar-refractivity contribution in [3.05, 3.63) is 34.9 Å². The van der Waals surface area contributed by atoms with Gasteiger partial charge < -0.3 is 4.74 Å². The first-order valence-corrected chi connectivity index (χ1v) is 5.11. The highest BCUT2D eigenvalue weighted by molar-refractivity contribution is 6.30. The van der Waals surface area contributed by atoms with Gasteiger partial charge in [0.25, 0.3) is 0 Å². The Morgan fingerprint density at radius 1 is 1.29 bits per heavy atom. The van der Waals surface area contributed by atoms with Gasteiger partial charge >= 0.3 is 0 Å². The summed E-state index contributed by atoms with van der Waals surface area (Å²) in [5.41, 5.74) is 0.991. The van der Waals surface area contributed by atoms with Crippen LogP contribution in [0.1, 0.15) is 18.4 Å². The lowest BCUT2D eigenvalue weighted by Crippen LogP contribution is -1.99. The molecule has 1 saturated heterocycles. The van der Waals surface area contributed by atoms with E-state index in [4.69, 9.17) is 16.3 Å². The molecule has 0 aliphatic carbocycles. The molecule has 0 radical (unpaired) electrons. The Morgan fingerprint density at radius 3 is 2.71 bits per heavy atom. The minimum Gasteiger partial charge on any atom is -0.366 e. The number of hydrogen-bond donors (Lipinski definition) is 0. The lowest BCUT2D eigenvalue weighted by Gasteiger charge is -1.97. The molecule has 0 bridgehead atoms. The van der Waals surface area contributed by atoms with E-state index in [1.807, 2.05) is 24.3 Å². The largest absolute Gasteiger partial charge is 0.366 e. The first-order valence-electron chi connectivity index (χ1n) is 4.73. The standard InChI is InChI=1S/C12H11ClO/c13-11-6-3-10(4-7-11)5-8-12-2-1-9-14-12/h3-4,6-7,12H,1-2,9H2/t12-/m1/s1. The number of hydrogen-bond acceptors (Lipinski definition) is 1. The first-order chi connectivity index (χ1) is 6.84. The van der Waals surface area contributed by atoms with Crippen molar-refractivity contribution in [1.82, 2.24) is 0 Å². The molecule has 1 heterocycles. The fourth-order valence-electron chi connectivity index (χ4n) is 1.39. The van der Waals surface area contributed by atoms with Crippen molar-refractivity contribution in [1.29, 1.82) is 0 Å². The third kappa shape index (κ3) is 2.51. The summed E-state index contributed by atoms with van der Waals surface area (Å²) in [4.78, 5) is 0. The van der Waals surface area contributed by atoms with Crippen LogP contribution in [0, 0.1) is 11.8 Å². The maximum absolute atomic E-state index is 5.77. The molecule has 0 unspecified atom stereocenters. The van der Waals surface area contributed by atoms with Crippen LogP contribution < -0.4 is 0 Å². The fourth-order valence-corrected chi connectivity index (χ4v) is 1.51. The molecule has 0 saturated carbocycles. The molecular formula is C12H11ClO. The molecule has 1 nitrogen and oxygen atoms in total. The topological polar surface area (TPSA) is 9.23 Å². The highest BCUT2D eigenvalue weighted by Gasteiger charge is 2.11. The van der Waals surface area contributed by atoms with E-state index < -0.39 is 0 Å². The molecule has 0 amide bonds. The second-order valence-corrected chi connectivity index (χ2v) is 3.71. The Balaban J connectivity index is 2.05. The summed E-state index contributed by atoms with van der Waals surface area (Å²) in [5.74, 6) is 6.18. The van der Waals surface area contributed by atoms with E-state index in [0.29, 0.717) is 0 Å². The third-order valence-corrected chi connectivity index (χ3v) is 2.40. The van der Waals surface area contributed by atoms with Gasteiger partial charge in [-0.25, -0.2) is 0 Å². The fraction of sp³-hybridized carbons (Fsp3) is 0.333. The van der Waals surface area contributed by atoms with Gasteiger partial charge in [-0.2, -0.15) is 0 Å². The predicted molar refractivity (Wildman–Crippen MR) is 57.3 cm³/mol. The SMILES string of the molecule is Clc1ccc(C#C[C@H]2CCCO2)cc1. The van der Waals surface area contributed by atoms with Crippen molar-refractivity contribution < 1.29 is 4.74 Å². The Bertz CT molecular complexity index is 352. The van der Waals surface area contributed by atoms with Gasteiger partial charge in [0.05, 0.1) is 0 Å². The van der Waals surface area contributed by atoms with Crippen LogP contribution in [-0.4, -0.2) is 12.7 Å². The molecule has 2 heteroatoms. The zero-order chi connectivity index (χ0) is 9.80. The summed E-state index contributed by atoms with van der Waals surface area (Å²) < 4.78 is 5.40. The lowest BCUT2D eigenvalue weighted by molar-refractivity contribution is 0.152. The van der Waals surface area contributed by atoms with Gasteiger partial charge in [-0.3, -0.25) is 0 Å². The summed E-state index contributed by atoms with van der Waals surface area (Å²) in [6.07, 6.45) is 2.31. The zero-order valence-electron chi connectivity index (χ0n) is 7.79. The smallest absolute Gasteiger partial charge is 0.118 e. The van der Waals surface area contributed by atoms with E-state index in [1.54, 1.807) is 0 Å². The Labute approximate surface area is 89.0 Å².